The lowest BCUT2D eigenvalue weighted by atomic mass is 9.48. The van der Waals surface area contributed by atoms with Gasteiger partial charge in [0.1, 0.15) is 6.10 Å². The van der Waals surface area contributed by atoms with Crippen molar-refractivity contribution in [2.75, 3.05) is 13.2 Å². The highest BCUT2D eigenvalue weighted by atomic mass is 17.2. The Hall–Kier alpha value is -0.420. The van der Waals surface area contributed by atoms with Crippen molar-refractivity contribution in [1.82, 2.24) is 0 Å². The lowest BCUT2D eigenvalue weighted by Gasteiger charge is -2.59. The fourth-order valence-corrected chi connectivity index (χ4v) is 7.94. The summed E-state index contributed by atoms with van der Waals surface area (Å²) in [4.78, 5) is 12.3. The molecule has 170 valence electrons. The fraction of sp³-hybridized carbons (Fsp3) is 0.923. The maximum atomic E-state index is 6.37. The minimum Gasteiger partial charge on any atom is -0.347 e. The summed E-state index contributed by atoms with van der Waals surface area (Å²) in [5.74, 6) is 2.31. The Morgan fingerprint density at radius 1 is 1.00 bits per heavy atom. The van der Waals surface area contributed by atoms with Crippen LogP contribution < -0.4 is 0 Å². The van der Waals surface area contributed by atoms with Crippen LogP contribution in [0.3, 0.4) is 0 Å². The van der Waals surface area contributed by atoms with Gasteiger partial charge < -0.3 is 9.47 Å². The topological polar surface area (TPSA) is 36.9 Å². The van der Waals surface area contributed by atoms with Gasteiger partial charge in [-0.25, -0.2) is 9.78 Å². The summed E-state index contributed by atoms with van der Waals surface area (Å²) in [6.07, 6.45) is 11.2. The molecule has 7 atom stereocenters. The summed E-state index contributed by atoms with van der Waals surface area (Å²) in [6.45, 7) is 14.9. The molecule has 4 heteroatoms. The van der Waals surface area contributed by atoms with E-state index in [1.807, 2.05) is 0 Å². The van der Waals surface area contributed by atoms with Crippen molar-refractivity contribution in [3.63, 3.8) is 0 Å². The van der Waals surface area contributed by atoms with Crippen LogP contribution in [0.5, 0.6) is 0 Å². The van der Waals surface area contributed by atoms with E-state index in [4.69, 9.17) is 19.2 Å². The van der Waals surface area contributed by atoms with Crippen LogP contribution in [0.2, 0.25) is 0 Å². The molecule has 0 radical (unpaired) electrons. The molecule has 0 aromatic carbocycles. The molecule has 0 amide bonds. The Balaban J connectivity index is 1.56. The van der Waals surface area contributed by atoms with Gasteiger partial charge in [0.05, 0.1) is 24.2 Å². The Bertz CT molecular complexity index is 702. The fourth-order valence-electron chi connectivity index (χ4n) is 7.94. The van der Waals surface area contributed by atoms with Crippen molar-refractivity contribution in [1.29, 1.82) is 0 Å². The minimum atomic E-state index is -0.523. The summed E-state index contributed by atoms with van der Waals surface area (Å²) in [5.41, 5.74) is 1.43. The third kappa shape index (κ3) is 3.00. The molecule has 1 aliphatic heterocycles. The van der Waals surface area contributed by atoms with E-state index >= 15 is 0 Å². The molecule has 5 aliphatic rings. The monoisotopic (exact) mass is 418 g/mol. The van der Waals surface area contributed by atoms with E-state index in [1.165, 1.54) is 32.1 Å². The van der Waals surface area contributed by atoms with Crippen molar-refractivity contribution in [2.24, 2.45) is 34.5 Å². The molecule has 30 heavy (non-hydrogen) atoms. The highest BCUT2D eigenvalue weighted by molar-refractivity contribution is 5.32. The van der Waals surface area contributed by atoms with E-state index in [0.717, 1.165) is 24.7 Å². The van der Waals surface area contributed by atoms with Crippen LogP contribution in [0, 0.1) is 34.5 Å². The average Bonchev–Trinajstić information content (AvgIpc) is 3.27. The van der Waals surface area contributed by atoms with Gasteiger partial charge in [-0.05, 0) is 88.4 Å². The SMILES string of the molecule is C[C@@H]1CC[C@]2(C)C3=CC(OOC(C)(C)C)[C@@]4(C)[C@@H](CCC45OCCO5)[C@@H]3CC[C@@H]2C1. The molecule has 0 aromatic rings. The molecule has 0 aromatic heterocycles. The molecule has 1 heterocycles. The van der Waals surface area contributed by atoms with Crippen LogP contribution in [-0.4, -0.2) is 30.7 Å². The van der Waals surface area contributed by atoms with Gasteiger partial charge in [0.25, 0.3) is 0 Å². The van der Waals surface area contributed by atoms with Crippen molar-refractivity contribution in [2.45, 2.75) is 104 Å². The van der Waals surface area contributed by atoms with Gasteiger partial charge in [-0.3, -0.25) is 0 Å². The number of hydrogen-bond acceptors (Lipinski definition) is 4. The van der Waals surface area contributed by atoms with E-state index in [-0.39, 0.29) is 17.1 Å². The first kappa shape index (κ1) is 21.4. The lowest BCUT2D eigenvalue weighted by Crippen LogP contribution is -2.59. The van der Waals surface area contributed by atoms with Crippen LogP contribution in [0.1, 0.15) is 86.5 Å². The zero-order valence-corrected chi connectivity index (χ0v) is 20.0. The zero-order chi connectivity index (χ0) is 21.4. The van der Waals surface area contributed by atoms with Crippen LogP contribution in [-0.2, 0) is 19.2 Å². The van der Waals surface area contributed by atoms with Gasteiger partial charge in [0.2, 0.25) is 0 Å². The Morgan fingerprint density at radius 2 is 1.73 bits per heavy atom. The smallest absolute Gasteiger partial charge is 0.176 e. The standard InChI is InChI=1S/C26H42O4/c1-17-9-11-24(5)18(15-17)7-8-19-20-10-12-26(27-13-14-28-26)25(20,6)22(16-21(19)24)29-30-23(2,3)4/h16-20,22H,7-15H2,1-6H3/t17-,18-,19+,20+,22?,24+,25-/m1/s1. The number of fused-ring (bicyclic) bond motifs is 6. The number of allylic oxidation sites excluding steroid dienone is 1. The quantitative estimate of drug-likeness (QED) is 0.311. The van der Waals surface area contributed by atoms with Gasteiger partial charge in [0, 0.05) is 6.42 Å². The molecule has 5 rings (SSSR count). The zero-order valence-electron chi connectivity index (χ0n) is 20.0. The van der Waals surface area contributed by atoms with E-state index in [1.54, 1.807) is 5.57 Å². The summed E-state index contributed by atoms with van der Waals surface area (Å²) >= 11 is 0. The molecule has 0 N–H and O–H groups in total. The number of ether oxygens (including phenoxy) is 2. The maximum Gasteiger partial charge on any atom is 0.176 e. The normalized spacial score (nSPS) is 47.5. The molecule has 4 nitrogen and oxygen atoms in total. The van der Waals surface area contributed by atoms with Crippen LogP contribution in [0.25, 0.3) is 0 Å². The molecule has 1 unspecified atom stereocenters. The van der Waals surface area contributed by atoms with E-state index in [2.05, 4.69) is 47.6 Å². The average molecular weight is 419 g/mol. The van der Waals surface area contributed by atoms with Crippen molar-refractivity contribution in [3.05, 3.63) is 11.6 Å². The first-order valence-electron chi connectivity index (χ1n) is 12.4. The molecule has 3 saturated carbocycles. The predicted molar refractivity (Wildman–Crippen MR) is 117 cm³/mol. The van der Waals surface area contributed by atoms with E-state index in [9.17, 15) is 0 Å². The first-order chi connectivity index (χ1) is 14.1. The van der Waals surface area contributed by atoms with Gasteiger partial charge in [0.15, 0.2) is 5.79 Å². The van der Waals surface area contributed by atoms with Crippen LogP contribution in [0.4, 0.5) is 0 Å². The second-order valence-electron chi connectivity index (χ2n) is 12.4. The van der Waals surface area contributed by atoms with Crippen molar-refractivity contribution < 1.29 is 19.2 Å². The van der Waals surface area contributed by atoms with Gasteiger partial charge >= 0.3 is 0 Å². The van der Waals surface area contributed by atoms with E-state index < -0.39 is 5.79 Å². The van der Waals surface area contributed by atoms with E-state index in [0.29, 0.717) is 30.5 Å². The summed E-state index contributed by atoms with van der Waals surface area (Å²) in [6, 6.07) is 0. The Morgan fingerprint density at radius 3 is 2.43 bits per heavy atom. The number of rotatable bonds is 2. The van der Waals surface area contributed by atoms with Gasteiger partial charge in [-0.2, -0.15) is 0 Å². The van der Waals surface area contributed by atoms with Gasteiger partial charge in [-0.1, -0.05) is 32.4 Å². The Kier molecular flexibility index (Phi) is 5.03. The molecule has 0 bridgehead atoms. The molecular weight excluding hydrogens is 376 g/mol. The highest BCUT2D eigenvalue weighted by Gasteiger charge is 2.69. The lowest BCUT2D eigenvalue weighted by molar-refractivity contribution is -0.400. The third-order valence-electron chi connectivity index (χ3n) is 9.57. The second-order valence-corrected chi connectivity index (χ2v) is 12.4. The van der Waals surface area contributed by atoms with Gasteiger partial charge in [-0.15, -0.1) is 0 Å². The summed E-state index contributed by atoms with van der Waals surface area (Å²) in [7, 11) is 0. The molecule has 1 saturated heterocycles. The summed E-state index contributed by atoms with van der Waals surface area (Å²) < 4.78 is 12.7. The molecule has 1 spiro atoms. The third-order valence-corrected chi connectivity index (χ3v) is 9.57. The Labute approximate surface area is 183 Å². The number of hydrogen-bond donors (Lipinski definition) is 0. The largest absolute Gasteiger partial charge is 0.347 e. The molecule has 4 fully saturated rings. The minimum absolute atomic E-state index is 0.136. The van der Waals surface area contributed by atoms with Crippen LogP contribution >= 0.6 is 0 Å². The summed E-state index contributed by atoms with van der Waals surface area (Å²) in [5, 5.41) is 0. The molecular formula is C26H42O4. The predicted octanol–water partition coefficient (Wildman–Crippen LogP) is 6.05. The molecule has 4 aliphatic carbocycles. The highest BCUT2D eigenvalue weighted by Crippen LogP contribution is 2.68. The maximum absolute atomic E-state index is 6.37. The van der Waals surface area contributed by atoms with Crippen molar-refractivity contribution >= 4 is 0 Å². The first-order valence-corrected chi connectivity index (χ1v) is 12.4. The van der Waals surface area contributed by atoms with Crippen LogP contribution in [0.15, 0.2) is 11.6 Å². The van der Waals surface area contributed by atoms with Crippen molar-refractivity contribution in [3.8, 4) is 0 Å². The second kappa shape index (κ2) is 7.04.